The van der Waals surface area contributed by atoms with Gasteiger partial charge in [-0.05, 0) is 23.8 Å². The molecule has 1 aromatic rings. The van der Waals surface area contributed by atoms with Gasteiger partial charge in [0.2, 0.25) is 0 Å². The zero-order valence-electron chi connectivity index (χ0n) is 7.00. The lowest BCUT2D eigenvalue weighted by Crippen LogP contribution is -2.17. The highest BCUT2D eigenvalue weighted by Crippen LogP contribution is 2.22. The summed E-state index contributed by atoms with van der Waals surface area (Å²) in [5.74, 6) is -0.648. The van der Waals surface area contributed by atoms with Crippen molar-refractivity contribution in [3.05, 3.63) is 34.1 Å². The zero-order chi connectivity index (χ0) is 9.84. The van der Waals surface area contributed by atoms with Crippen LogP contribution in [0.4, 0.5) is 4.39 Å². The van der Waals surface area contributed by atoms with Crippen molar-refractivity contribution in [3.8, 4) is 0 Å². The molecule has 2 nitrogen and oxygen atoms in total. The predicted octanol–water partition coefficient (Wildman–Crippen LogP) is 1.62. The van der Waals surface area contributed by atoms with Crippen molar-refractivity contribution in [1.29, 1.82) is 0 Å². The molecule has 0 aromatic heterocycles. The van der Waals surface area contributed by atoms with E-state index in [9.17, 15) is 4.39 Å². The fourth-order valence-corrected chi connectivity index (χ4v) is 1.51. The average Bonchev–Trinajstić information content (AvgIpc) is 2.13. The largest absolute Gasteiger partial charge is 0.396 e. The molecule has 0 heterocycles. The molecule has 13 heavy (non-hydrogen) atoms. The Morgan fingerprint density at radius 3 is 2.77 bits per heavy atom. The molecule has 72 valence electrons. The number of nitrogens with two attached hydrogens (primary N) is 1. The van der Waals surface area contributed by atoms with Crippen LogP contribution in [0.5, 0.6) is 0 Å². The van der Waals surface area contributed by atoms with E-state index in [1.54, 1.807) is 12.1 Å². The van der Waals surface area contributed by atoms with E-state index in [1.165, 1.54) is 6.07 Å². The van der Waals surface area contributed by atoms with Gasteiger partial charge in [-0.2, -0.15) is 0 Å². The normalized spacial score (nSPS) is 12.9. The van der Waals surface area contributed by atoms with Gasteiger partial charge < -0.3 is 10.8 Å². The van der Waals surface area contributed by atoms with Crippen LogP contribution in [0.3, 0.4) is 0 Å². The number of benzene rings is 1. The average molecular weight is 248 g/mol. The molecule has 1 unspecified atom stereocenters. The molecular weight excluding hydrogens is 237 g/mol. The van der Waals surface area contributed by atoms with Crippen molar-refractivity contribution < 1.29 is 9.50 Å². The number of hydrogen-bond acceptors (Lipinski definition) is 2. The van der Waals surface area contributed by atoms with Gasteiger partial charge in [-0.15, -0.1) is 0 Å². The molecule has 0 amide bonds. The predicted molar refractivity (Wildman–Crippen MR) is 53.0 cm³/mol. The molecule has 0 radical (unpaired) electrons. The summed E-state index contributed by atoms with van der Waals surface area (Å²) in [5.41, 5.74) is 5.85. The maximum Gasteiger partial charge on any atom is 0.126 e. The molecule has 0 aliphatic heterocycles. The van der Waals surface area contributed by atoms with Gasteiger partial charge >= 0.3 is 0 Å². The van der Waals surface area contributed by atoms with E-state index in [0.29, 0.717) is 5.56 Å². The number of aliphatic hydroxyl groups excluding tert-OH is 1. The minimum atomic E-state index is -0.326. The highest BCUT2D eigenvalue weighted by Gasteiger charge is 2.13. The second kappa shape index (κ2) is 4.69. The first kappa shape index (κ1) is 10.6. The van der Waals surface area contributed by atoms with E-state index in [-0.39, 0.29) is 24.9 Å². The summed E-state index contributed by atoms with van der Waals surface area (Å²) < 4.78 is 14.0. The van der Waals surface area contributed by atoms with E-state index in [0.717, 1.165) is 4.47 Å². The molecule has 0 aliphatic rings. The Morgan fingerprint density at radius 1 is 1.54 bits per heavy atom. The number of hydrogen-bond donors (Lipinski definition) is 2. The number of rotatable bonds is 3. The topological polar surface area (TPSA) is 46.2 Å². The standard InChI is InChI=1S/C9H11BrFNO/c10-7-1-2-9(11)8(3-7)6(4-12)5-13/h1-3,6,13H,4-5,12H2. The summed E-state index contributed by atoms with van der Waals surface area (Å²) in [6, 6.07) is 4.62. The lowest BCUT2D eigenvalue weighted by atomic mass is 10.00. The monoisotopic (exact) mass is 247 g/mol. The van der Waals surface area contributed by atoms with Gasteiger partial charge in [0.15, 0.2) is 0 Å². The van der Waals surface area contributed by atoms with Crippen molar-refractivity contribution in [2.24, 2.45) is 5.73 Å². The van der Waals surface area contributed by atoms with Gasteiger partial charge in [0.1, 0.15) is 5.82 Å². The summed E-state index contributed by atoms with van der Waals surface area (Å²) in [4.78, 5) is 0. The van der Waals surface area contributed by atoms with Crippen LogP contribution in [0, 0.1) is 5.82 Å². The minimum absolute atomic E-state index is 0.135. The maximum atomic E-state index is 13.2. The van der Waals surface area contributed by atoms with E-state index in [2.05, 4.69) is 15.9 Å². The van der Waals surface area contributed by atoms with Crippen molar-refractivity contribution in [3.63, 3.8) is 0 Å². The van der Waals surface area contributed by atoms with Crippen LogP contribution in [-0.4, -0.2) is 18.3 Å². The molecule has 4 heteroatoms. The van der Waals surface area contributed by atoms with Gasteiger partial charge in [0, 0.05) is 16.9 Å². The second-order valence-corrected chi connectivity index (χ2v) is 3.70. The molecule has 1 aromatic carbocycles. The Labute approximate surface area is 84.7 Å². The van der Waals surface area contributed by atoms with Gasteiger partial charge in [-0.1, -0.05) is 15.9 Å². The van der Waals surface area contributed by atoms with Crippen LogP contribution in [0.1, 0.15) is 11.5 Å². The van der Waals surface area contributed by atoms with E-state index < -0.39 is 0 Å². The quantitative estimate of drug-likeness (QED) is 0.853. The molecule has 3 N–H and O–H groups in total. The summed E-state index contributed by atoms with van der Waals surface area (Å²) in [5, 5.41) is 8.93. The third-order valence-corrected chi connectivity index (χ3v) is 2.40. The van der Waals surface area contributed by atoms with Crippen LogP contribution in [0.25, 0.3) is 0 Å². The SMILES string of the molecule is NCC(CO)c1cc(Br)ccc1F. The third kappa shape index (κ3) is 2.49. The molecule has 1 atom stereocenters. The molecule has 1 rings (SSSR count). The second-order valence-electron chi connectivity index (χ2n) is 2.78. The van der Waals surface area contributed by atoms with Crippen molar-refractivity contribution in [2.75, 3.05) is 13.2 Å². The van der Waals surface area contributed by atoms with Crippen LogP contribution >= 0.6 is 15.9 Å². The lowest BCUT2D eigenvalue weighted by molar-refractivity contribution is 0.265. The van der Waals surface area contributed by atoms with Crippen molar-refractivity contribution in [1.82, 2.24) is 0 Å². The highest BCUT2D eigenvalue weighted by atomic mass is 79.9. The zero-order valence-corrected chi connectivity index (χ0v) is 8.59. The van der Waals surface area contributed by atoms with Crippen LogP contribution in [0.2, 0.25) is 0 Å². The van der Waals surface area contributed by atoms with Gasteiger partial charge in [-0.3, -0.25) is 0 Å². The highest BCUT2D eigenvalue weighted by molar-refractivity contribution is 9.10. The maximum absolute atomic E-state index is 13.2. The Kier molecular flexibility index (Phi) is 3.84. The smallest absolute Gasteiger partial charge is 0.126 e. The van der Waals surface area contributed by atoms with Gasteiger partial charge in [-0.25, -0.2) is 4.39 Å². The Bertz CT molecular complexity index is 289. The molecule has 0 spiro atoms. The van der Waals surface area contributed by atoms with Crippen molar-refractivity contribution in [2.45, 2.75) is 5.92 Å². The Hall–Kier alpha value is -0.450. The molecule has 0 fully saturated rings. The van der Waals surface area contributed by atoms with E-state index in [4.69, 9.17) is 10.8 Å². The van der Waals surface area contributed by atoms with E-state index in [1.807, 2.05) is 0 Å². The van der Waals surface area contributed by atoms with Crippen LogP contribution in [-0.2, 0) is 0 Å². The minimum Gasteiger partial charge on any atom is -0.396 e. The first-order valence-corrected chi connectivity index (χ1v) is 4.74. The Morgan fingerprint density at radius 2 is 2.23 bits per heavy atom. The third-order valence-electron chi connectivity index (χ3n) is 1.90. The van der Waals surface area contributed by atoms with Gasteiger partial charge in [0.25, 0.3) is 0 Å². The number of halogens is 2. The summed E-state index contributed by atoms with van der Waals surface area (Å²) >= 11 is 3.23. The van der Waals surface area contributed by atoms with Crippen LogP contribution in [0.15, 0.2) is 22.7 Å². The van der Waals surface area contributed by atoms with E-state index >= 15 is 0 Å². The first-order chi connectivity index (χ1) is 6.19. The molecular formula is C9H11BrFNO. The lowest BCUT2D eigenvalue weighted by Gasteiger charge is -2.12. The summed E-state index contributed by atoms with van der Waals surface area (Å²) in [6.07, 6.45) is 0. The van der Waals surface area contributed by atoms with Crippen molar-refractivity contribution >= 4 is 15.9 Å². The van der Waals surface area contributed by atoms with Crippen LogP contribution < -0.4 is 5.73 Å². The Balaban J connectivity index is 3.03. The molecule has 0 bridgehead atoms. The molecule has 0 saturated heterocycles. The fourth-order valence-electron chi connectivity index (χ4n) is 1.13. The number of aliphatic hydroxyl groups is 1. The van der Waals surface area contributed by atoms with Gasteiger partial charge in [0.05, 0.1) is 6.61 Å². The molecule has 0 saturated carbocycles. The summed E-state index contributed by atoms with van der Waals surface area (Å²) in [7, 11) is 0. The first-order valence-electron chi connectivity index (χ1n) is 3.95. The summed E-state index contributed by atoms with van der Waals surface area (Å²) in [6.45, 7) is 0.105. The fraction of sp³-hybridized carbons (Fsp3) is 0.333. The molecule has 0 aliphatic carbocycles.